The minimum absolute atomic E-state index is 0.583. The molecular formula is C8H6F3. The average molecular weight is 159 g/mol. The van der Waals surface area contributed by atoms with Gasteiger partial charge in [-0.1, -0.05) is 13.0 Å². The molecule has 1 rings (SSSR count). The molecule has 0 spiro atoms. The van der Waals surface area contributed by atoms with E-state index in [1.54, 1.807) is 0 Å². The van der Waals surface area contributed by atoms with E-state index in [2.05, 4.69) is 12.5 Å². The van der Waals surface area contributed by atoms with Gasteiger partial charge >= 0.3 is 6.18 Å². The van der Waals surface area contributed by atoms with Gasteiger partial charge in [0.1, 0.15) is 0 Å². The first-order chi connectivity index (χ1) is 5.02. The number of hydrogen-bond acceptors (Lipinski definition) is 0. The van der Waals surface area contributed by atoms with Gasteiger partial charge in [-0.05, 0) is 18.1 Å². The van der Waals surface area contributed by atoms with Crippen molar-refractivity contribution in [1.29, 1.82) is 0 Å². The maximum Gasteiger partial charge on any atom is 0.413 e. The first kappa shape index (κ1) is 8.37. The molecule has 0 saturated carbocycles. The van der Waals surface area contributed by atoms with Crippen LogP contribution in [0.15, 0.2) is 17.7 Å². The van der Waals surface area contributed by atoms with Crippen molar-refractivity contribution in [2.45, 2.75) is 13.1 Å². The summed E-state index contributed by atoms with van der Waals surface area (Å²) >= 11 is 0. The number of hydrogen-bond donors (Lipinski definition) is 0. The third-order valence-electron chi connectivity index (χ3n) is 1.45. The lowest BCUT2D eigenvalue weighted by atomic mass is 9.93. The molecule has 1 aliphatic carbocycles. The quantitative estimate of drug-likeness (QED) is 0.509. The Morgan fingerprint density at radius 3 is 2.45 bits per heavy atom. The van der Waals surface area contributed by atoms with E-state index in [9.17, 15) is 13.2 Å². The molecule has 0 N–H and O–H groups in total. The topological polar surface area (TPSA) is 0 Å². The monoisotopic (exact) mass is 159 g/mol. The minimum atomic E-state index is -4.24. The van der Waals surface area contributed by atoms with Gasteiger partial charge in [0.2, 0.25) is 0 Å². The highest BCUT2D eigenvalue weighted by atomic mass is 19.4. The SMILES string of the molecule is CC1[C]C=[C]C=C1C(F)(F)F. The van der Waals surface area contributed by atoms with Gasteiger partial charge in [-0.2, -0.15) is 13.2 Å². The zero-order valence-corrected chi connectivity index (χ0v) is 5.87. The molecule has 0 amide bonds. The first-order valence-electron chi connectivity index (χ1n) is 3.13. The maximum absolute atomic E-state index is 12.0. The third-order valence-corrected chi connectivity index (χ3v) is 1.45. The fourth-order valence-electron chi connectivity index (χ4n) is 0.847. The molecule has 3 radical (unpaired) electrons. The fourth-order valence-corrected chi connectivity index (χ4v) is 0.847. The molecule has 0 aliphatic heterocycles. The van der Waals surface area contributed by atoms with Gasteiger partial charge in [-0.15, -0.1) is 0 Å². The van der Waals surface area contributed by atoms with Gasteiger partial charge in [-0.25, -0.2) is 0 Å². The Kier molecular flexibility index (Phi) is 2.07. The van der Waals surface area contributed by atoms with Crippen LogP contribution in [0, 0.1) is 18.4 Å². The second-order valence-corrected chi connectivity index (χ2v) is 2.30. The Morgan fingerprint density at radius 1 is 1.45 bits per heavy atom. The summed E-state index contributed by atoms with van der Waals surface area (Å²) < 4.78 is 36.1. The molecule has 0 saturated heterocycles. The number of alkyl halides is 3. The molecular weight excluding hydrogens is 153 g/mol. The second-order valence-electron chi connectivity index (χ2n) is 2.30. The lowest BCUT2D eigenvalue weighted by Crippen LogP contribution is -2.19. The summed E-state index contributed by atoms with van der Waals surface area (Å²) in [6.45, 7) is 1.46. The van der Waals surface area contributed by atoms with E-state index < -0.39 is 17.7 Å². The molecule has 0 heterocycles. The molecule has 3 heteroatoms. The van der Waals surface area contributed by atoms with Crippen LogP contribution in [-0.4, -0.2) is 6.18 Å². The van der Waals surface area contributed by atoms with E-state index in [1.807, 2.05) is 0 Å². The molecule has 0 nitrogen and oxygen atoms in total. The molecule has 0 aromatic heterocycles. The van der Waals surface area contributed by atoms with Crippen molar-refractivity contribution in [1.82, 2.24) is 0 Å². The third kappa shape index (κ3) is 1.85. The number of halogens is 3. The molecule has 1 unspecified atom stereocenters. The van der Waals surface area contributed by atoms with E-state index in [-0.39, 0.29) is 0 Å². The standard InChI is InChI=1S/C8H6F3/c1-6-4-2-3-5-7(6)8(9,10)11/h2,5-6H,1H3. The van der Waals surface area contributed by atoms with E-state index >= 15 is 0 Å². The average Bonchev–Trinajstić information content (AvgIpc) is 1.86. The second kappa shape index (κ2) is 2.72. The Hall–Kier alpha value is -0.730. The first-order valence-corrected chi connectivity index (χ1v) is 3.13. The van der Waals surface area contributed by atoms with E-state index in [4.69, 9.17) is 0 Å². The zero-order valence-electron chi connectivity index (χ0n) is 5.87. The Bertz CT molecular complexity index is 198. The smallest absolute Gasteiger partial charge is 0.166 e. The summed E-state index contributed by atoms with van der Waals surface area (Å²) in [4.78, 5) is 0. The molecule has 0 aromatic carbocycles. The summed E-state index contributed by atoms with van der Waals surface area (Å²) in [6, 6.07) is 0. The van der Waals surface area contributed by atoms with Crippen molar-refractivity contribution in [3.63, 3.8) is 0 Å². The Labute approximate surface area is 63.4 Å². The van der Waals surface area contributed by atoms with Crippen molar-refractivity contribution in [3.05, 3.63) is 30.2 Å². The van der Waals surface area contributed by atoms with Crippen molar-refractivity contribution in [2.75, 3.05) is 0 Å². The van der Waals surface area contributed by atoms with Crippen LogP contribution in [0.4, 0.5) is 13.2 Å². The summed E-state index contributed by atoms with van der Waals surface area (Å²) in [6.07, 6.45) is 2.96. The van der Waals surface area contributed by atoms with E-state index in [0.717, 1.165) is 6.08 Å². The highest BCUT2D eigenvalue weighted by Crippen LogP contribution is 2.34. The summed E-state index contributed by atoms with van der Waals surface area (Å²) in [5.74, 6) is -0.670. The van der Waals surface area contributed by atoms with Crippen LogP contribution in [0.2, 0.25) is 0 Å². The van der Waals surface area contributed by atoms with E-state index in [1.165, 1.54) is 13.0 Å². The lowest BCUT2D eigenvalue weighted by molar-refractivity contribution is -0.0971. The van der Waals surface area contributed by atoms with Gasteiger partial charge < -0.3 is 0 Å². The predicted molar refractivity (Wildman–Crippen MR) is 34.4 cm³/mol. The molecule has 59 valence electrons. The Balaban J connectivity index is 2.84. The summed E-state index contributed by atoms with van der Waals surface area (Å²) in [7, 11) is 0. The lowest BCUT2D eigenvalue weighted by Gasteiger charge is -2.18. The van der Waals surface area contributed by atoms with E-state index in [0.29, 0.717) is 0 Å². The molecule has 11 heavy (non-hydrogen) atoms. The Morgan fingerprint density at radius 2 is 2.09 bits per heavy atom. The maximum atomic E-state index is 12.0. The summed E-state index contributed by atoms with van der Waals surface area (Å²) in [5, 5.41) is 0. The van der Waals surface area contributed by atoms with Crippen molar-refractivity contribution < 1.29 is 13.2 Å². The number of rotatable bonds is 0. The van der Waals surface area contributed by atoms with Gasteiger partial charge in [0, 0.05) is 12.0 Å². The van der Waals surface area contributed by atoms with Crippen LogP contribution < -0.4 is 0 Å². The van der Waals surface area contributed by atoms with Gasteiger partial charge in [-0.3, -0.25) is 0 Å². The van der Waals surface area contributed by atoms with Crippen LogP contribution in [0.1, 0.15) is 6.92 Å². The molecule has 1 atom stereocenters. The minimum Gasteiger partial charge on any atom is -0.166 e. The summed E-state index contributed by atoms with van der Waals surface area (Å²) in [5.41, 5.74) is -0.583. The number of allylic oxidation sites excluding steroid dienone is 4. The van der Waals surface area contributed by atoms with Gasteiger partial charge in [0.25, 0.3) is 0 Å². The van der Waals surface area contributed by atoms with Gasteiger partial charge in [0.05, 0.1) is 0 Å². The van der Waals surface area contributed by atoms with Crippen LogP contribution in [0.3, 0.4) is 0 Å². The molecule has 0 fully saturated rings. The highest BCUT2D eigenvalue weighted by Gasteiger charge is 2.36. The molecule has 1 aliphatic rings. The van der Waals surface area contributed by atoms with Crippen LogP contribution in [0.25, 0.3) is 0 Å². The van der Waals surface area contributed by atoms with Crippen LogP contribution in [0.5, 0.6) is 0 Å². The van der Waals surface area contributed by atoms with Crippen molar-refractivity contribution in [3.8, 4) is 0 Å². The normalized spacial score (nSPS) is 25.1. The van der Waals surface area contributed by atoms with Crippen LogP contribution in [-0.2, 0) is 0 Å². The zero-order chi connectivity index (χ0) is 8.48. The van der Waals surface area contributed by atoms with Gasteiger partial charge in [0.15, 0.2) is 0 Å². The van der Waals surface area contributed by atoms with Crippen LogP contribution >= 0.6 is 0 Å². The largest absolute Gasteiger partial charge is 0.413 e. The van der Waals surface area contributed by atoms with Crippen molar-refractivity contribution >= 4 is 0 Å². The van der Waals surface area contributed by atoms with Crippen molar-refractivity contribution in [2.24, 2.45) is 5.92 Å². The molecule has 0 bridgehead atoms. The predicted octanol–water partition coefficient (Wildman–Crippen LogP) is 2.57. The molecule has 0 aromatic rings. The highest BCUT2D eigenvalue weighted by molar-refractivity contribution is 5.26. The fraction of sp³-hybridized carbons (Fsp3) is 0.375.